The molecule has 1 atom stereocenters. The van der Waals surface area contributed by atoms with E-state index in [-0.39, 0.29) is 11.9 Å². The Kier molecular flexibility index (Phi) is 3.98. The lowest BCUT2D eigenvalue weighted by Crippen LogP contribution is -2.39. The van der Waals surface area contributed by atoms with Crippen LogP contribution in [0.15, 0.2) is 12.4 Å². The van der Waals surface area contributed by atoms with Gasteiger partial charge in [-0.15, -0.1) is 0 Å². The van der Waals surface area contributed by atoms with Crippen molar-refractivity contribution in [1.82, 2.24) is 19.6 Å². The van der Waals surface area contributed by atoms with Gasteiger partial charge in [-0.05, 0) is 6.42 Å². The third-order valence-corrected chi connectivity index (χ3v) is 3.48. The SMILES string of the molecule is CN1CCCN(C(CN)c2cnn(C)c2)CC1=O. The molecule has 1 aliphatic rings. The minimum Gasteiger partial charge on any atom is -0.345 e. The molecule has 2 N–H and O–H groups in total. The van der Waals surface area contributed by atoms with E-state index in [4.69, 9.17) is 5.73 Å². The summed E-state index contributed by atoms with van der Waals surface area (Å²) in [6.45, 7) is 2.66. The second-order valence-corrected chi connectivity index (χ2v) is 4.84. The Morgan fingerprint density at radius 2 is 2.22 bits per heavy atom. The van der Waals surface area contributed by atoms with Gasteiger partial charge in [0.05, 0.1) is 18.8 Å². The van der Waals surface area contributed by atoms with Gasteiger partial charge < -0.3 is 10.6 Å². The second kappa shape index (κ2) is 5.49. The van der Waals surface area contributed by atoms with Gasteiger partial charge in [-0.3, -0.25) is 14.4 Å². The molecule has 0 aliphatic carbocycles. The zero-order valence-electron chi connectivity index (χ0n) is 11.0. The van der Waals surface area contributed by atoms with Crippen LogP contribution < -0.4 is 5.73 Å². The van der Waals surface area contributed by atoms with Crippen molar-refractivity contribution in [3.8, 4) is 0 Å². The highest BCUT2D eigenvalue weighted by atomic mass is 16.2. The van der Waals surface area contributed by atoms with E-state index >= 15 is 0 Å². The average Bonchev–Trinajstić information content (AvgIpc) is 2.68. The van der Waals surface area contributed by atoms with Crippen molar-refractivity contribution in [3.05, 3.63) is 18.0 Å². The lowest BCUT2D eigenvalue weighted by molar-refractivity contribution is -0.130. The molecule has 1 fully saturated rings. The highest BCUT2D eigenvalue weighted by Crippen LogP contribution is 2.20. The summed E-state index contributed by atoms with van der Waals surface area (Å²) >= 11 is 0. The summed E-state index contributed by atoms with van der Waals surface area (Å²) in [5.74, 6) is 0.162. The number of amides is 1. The number of carbonyl (C=O) groups is 1. The Bertz CT molecular complexity index is 416. The lowest BCUT2D eigenvalue weighted by Gasteiger charge is -2.28. The van der Waals surface area contributed by atoms with Crippen LogP contribution in [0, 0.1) is 0 Å². The highest BCUT2D eigenvalue weighted by Gasteiger charge is 2.26. The molecule has 100 valence electrons. The van der Waals surface area contributed by atoms with Gasteiger partial charge in [-0.25, -0.2) is 0 Å². The quantitative estimate of drug-likeness (QED) is 0.792. The zero-order chi connectivity index (χ0) is 13.1. The maximum atomic E-state index is 11.9. The summed E-state index contributed by atoms with van der Waals surface area (Å²) in [6, 6.07) is 0.0779. The Morgan fingerprint density at radius 1 is 1.44 bits per heavy atom. The van der Waals surface area contributed by atoms with Crippen molar-refractivity contribution in [2.45, 2.75) is 12.5 Å². The van der Waals surface area contributed by atoms with Crippen LogP contribution in [0.3, 0.4) is 0 Å². The number of aryl methyl sites for hydroxylation is 1. The topological polar surface area (TPSA) is 67.4 Å². The van der Waals surface area contributed by atoms with Crippen LogP contribution in [0.5, 0.6) is 0 Å². The van der Waals surface area contributed by atoms with Crippen LogP contribution in [-0.4, -0.2) is 58.7 Å². The molecular weight excluding hydrogens is 230 g/mol. The van der Waals surface area contributed by atoms with E-state index in [2.05, 4.69) is 10.00 Å². The summed E-state index contributed by atoms with van der Waals surface area (Å²) in [6.07, 6.45) is 4.78. The van der Waals surface area contributed by atoms with Crippen LogP contribution in [0.2, 0.25) is 0 Å². The molecule has 2 heterocycles. The fourth-order valence-corrected chi connectivity index (χ4v) is 2.38. The Balaban J connectivity index is 2.14. The minimum atomic E-state index is 0.0779. The average molecular weight is 251 g/mol. The predicted molar refractivity (Wildman–Crippen MR) is 68.8 cm³/mol. The molecule has 6 nitrogen and oxygen atoms in total. The number of aromatic nitrogens is 2. The number of hydrogen-bond donors (Lipinski definition) is 1. The zero-order valence-corrected chi connectivity index (χ0v) is 11.0. The van der Waals surface area contributed by atoms with E-state index in [1.165, 1.54) is 0 Å². The van der Waals surface area contributed by atoms with Gasteiger partial charge in [-0.1, -0.05) is 0 Å². The molecule has 1 aromatic heterocycles. The van der Waals surface area contributed by atoms with Crippen molar-refractivity contribution < 1.29 is 4.79 Å². The second-order valence-electron chi connectivity index (χ2n) is 4.84. The van der Waals surface area contributed by atoms with Crippen molar-refractivity contribution in [1.29, 1.82) is 0 Å². The number of nitrogens with zero attached hydrogens (tertiary/aromatic N) is 4. The molecule has 0 spiro atoms. The smallest absolute Gasteiger partial charge is 0.236 e. The molecule has 1 amide bonds. The molecule has 0 bridgehead atoms. The number of nitrogens with two attached hydrogens (primary N) is 1. The van der Waals surface area contributed by atoms with Gasteiger partial charge in [-0.2, -0.15) is 5.10 Å². The van der Waals surface area contributed by atoms with Gasteiger partial charge in [0.1, 0.15) is 0 Å². The number of likely N-dealkylation sites (N-methyl/N-ethyl adjacent to an activating group) is 1. The largest absolute Gasteiger partial charge is 0.345 e. The maximum absolute atomic E-state index is 11.9. The molecule has 1 aromatic rings. The van der Waals surface area contributed by atoms with Gasteiger partial charge in [0.15, 0.2) is 0 Å². The van der Waals surface area contributed by atoms with Crippen LogP contribution in [0.25, 0.3) is 0 Å². The number of carbonyl (C=O) groups excluding carboxylic acids is 1. The van der Waals surface area contributed by atoms with E-state index in [0.717, 1.165) is 25.1 Å². The van der Waals surface area contributed by atoms with E-state index in [9.17, 15) is 4.79 Å². The molecule has 2 rings (SSSR count). The summed E-state index contributed by atoms with van der Waals surface area (Å²) in [5, 5.41) is 4.18. The van der Waals surface area contributed by atoms with Crippen LogP contribution in [-0.2, 0) is 11.8 Å². The first kappa shape index (κ1) is 13.0. The third-order valence-electron chi connectivity index (χ3n) is 3.48. The molecule has 0 radical (unpaired) electrons. The van der Waals surface area contributed by atoms with Crippen molar-refractivity contribution in [2.75, 3.05) is 33.2 Å². The first-order valence-electron chi connectivity index (χ1n) is 6.28. The van der Waals surface area contributed by atoms with Crippen molar-refractivity contribution in [2.24, 2.45) is 12.8 Å². The first-order valence-corrected chi connectivity index (χ1v) is 6.28. The van der Waals surface area contributed by atoms with E-state index in [1.54, 1.807) is 9.58 Å². The number of rotatable bonds is 3. The Morgan fingerprint density at radius 3 is 2.83 bits per heavy atom. The molecule has 18 heavy (non-hydrogen) atoms. The lowest BCUT2D eigenvalue weighted by atomic mass is 10.1. The Hall–Kier alpha value is -1.40. The molecule has 0 aromatic carbocycles. The van der Waals surface area contributed by atoms with Gasteiger partial charge in [0.25, 0.3) is 0 Å². The molecule has 0 saturated carbocycles. The van der Waals surface area contributed by atoms with Crippen LogP contribution in [0.1, 0.15) is 18.0 Å². The normalized spacial score (nSPS) is 19.9. The summed E-state index contributed by atoms with van der Waals surface area (Å²) in [4.78, 5) is 15.8. The fraction of sp³-hybridized carbons (Fsp3) is 0.667. The molecular formula is C12H21N5O. The Labute approximate surface area is 107 Å². The number of hydrogen-bond acceptors (Lipinski definition) is 4. The van der Waals surface area contributed by atoms with Crippen LogP contribution >= 0.6 is 0 Å². The molecule has 6 heteroatoms. The van der Waals surface area contributed by atoms with E-state index in [0.29, 0.717) is 13.1 Å². The third kappa shape index (κ3) is 2.70. The van der Waals surface area contributed by atoms with E-state index in [1.807, 2.05) is 26.5 Å². The molecule has 1 saturated heterocycles. The monoisotopic (exact) mass is 251 g/mol. The first-order chi connectivity index (χ1) is 8.61. The highest BCUT2D eigenvalue weighted by molar-refractivity contribution is 5.78. The van der Waals surface area contributed by atoms with Crippen LogP contribution in [0.4, 0.5) is 0 Å². The van der Waals surface area contributed by atoms with Crippen molar-refractivity contribution >= 4 is 5.91 Å². The fourth-order valence-electron chi connectivity index (χ4n) is 2.38. The molecule has 1 aliphatic heterocycles. The predicted octanol–water partition coefficient (Wildman–Crippen LogP) is -0.416. The van der Waals surface area contributed by atoms with E-state index < -0.39 is 0 Å². The standard InChI is InChI=1S/C12H21N5O/c1-15-4-3-5-17(9-12(15)18)11(6-13)10-7-14-16(2)8-10/h7-8,11H,3-6,9,13H2,1-2H3. The summed E-state index contributed by atoms with van der Waals surface area (Å²) in [5.41, 5.74) is 6.95. The van der Waals surface area contributed by atoms with Crippen molar-refractivity contribution in [3.63, 3.8) is 0 Å². The summed E-state index contributed by atoms with van der Waals surface area (Å²) < 4.78 is 1.77. The summed E-state index contributed by atoms with van der Waals surface area (Å²) in [7, 11) is 3.74. The minimum absolute atomic E-state index is 0.0779. The van der Waals surface area contributed by atoms with Gasteiger partial charge in [0.2, 0.25) is 5.91 Å². The van der Waals surface area contributed by atoms with Gasteiger partial charge in [0, 0.05) is 45.5 Å². The van der Waals surface area contributed by atoms with Gasteiger partial charge >= 0.3 is 0 Å². The maximum Gasteiger partial charge on any atom is 0.236 e. The molecule has 1 unspecified atom stereocenters.